The predicted molar refractivity (Wildman–Crippen MR) is 128 cm³/mol. The number of hydrogen-bond acceptors (Lipinski definition) is 3. The number of rotatable bonds is 6. The van der Waals surface area contributed by atoms with Crippen LogP contribution in [0.2, 0.25) is 0 Å². The van der Waals surface area contributed by atoms with Gasteiger partial charge in [0.25, 0.3) is 0 Å². The number of halogens is 1. The van der Waals surface area contributed by atoms with Crippen molar-refractivity contribution in [1.29, 1.82) is 0 Å². The van der Waals surface area contributed by atoms with Gasteiger partial charge in [-0.25, -0.2) is 14.0 Å². The molecule has 1 heterocycles. The molecular formula is C26H39FN4O3. The lowest BCUT2D eigenvalue weighted by molar-refractivity contribution is -0.141. The van der Waals surface area contributed by atoms with Crippen molar-refractivity contribution in [2.45, 2.75) is 108 Å². The molecule has 3 fully saturated rings. The Kier molecular flexibility index (Phi) is 7.65. The Morgan fingerprint density at radius 1 is 1.06 bits per heavy atom. The zero-order valence-corrected chi connectivity index (χ0v) is 20.5. The summed E-state index contributed by atoms with van der Waals surface area (Å²) < 4.78 is 13.3. The second kappa shape index (κ2) is 10.5. The van der Waals surface area contributed by atoms with E-state index in [0.717, 1.165) is 68.4 Å². The van der Waals surface area contributed by atoms with Crippen LogP contribution < -0.4 is 5.32 Å². The highest BCUT2D eigenvalue weighted by Gasteiger charge is 2.57. The maximum absolute atomic E-state index is 13.7. The van der Waals surface area contributed by atoms with E-state index in [1.165, 1.54) is 18.6 Å². The molecule has 0 bridgehead atoms. The summed E-state index contributed by atoms with van der Waals surface area (Å²) in [4.78, 5) is 30.4. The van der Waals surface area contributed by atoms with Gasteiger partial charge in [-0.3, -0.25) is 10.1 Å². The molecule has 1 unspecified atom stereocenters. The molecule has 4 amide bonds. The van der Waals surface area contributed by atoms with Gasteiger partial charge in [0.05, 0.1) is 5.54 Å². The van der Waals surface area contributed by atoms with Gasteiger partial charge in [0, 0.05) is 18.6 Å². The quantitative estimate of drug-likeness (QED) is 0.435. The van der Waals surface area contributed by atoms with E-state index in [0.29, 0.717) is 13.0 Å². The van der Waals surface area contributed by atoms with Gasteiger partial charge in [-0.15, -0.1) is 0 Å². The van der Waals surface area contributed by atoms with Gasteiger partial charge in [-0.2, -0.15) is 5.06 Å². The Labute approximate surface area is 202 Å². The first-order valence-corrected chi connectivity index (χ1v) is 12.9. The van der Waals surface area contributed by atoms with Crippen LogP contribution in [0.5, 0.6) is 0 Å². The van der Waals surface area contributed by atoms with E-state index in [1.807, 2.05) is 13.8 Å². The average molecular weight is 475 g/mol. The summed E-state index contributed by atoms with van der Waals surface area (Å²) in [6.45, 7) is 4.26. The lowest BCUT2D eigenvalue weighted by atomic mass is 9.92. The molecule has 0 aromatic heterocycles. The lowest BCUT2D eigenvalue weighted by Crippen LogP contribution is -2.61. The fourth-order valence-corrected chi connectivity index (χ4v) is 5.98. The molecule has 1 aromatic rings. The molecule has 2 N–H and O–H groups in total. The molecule has 1 aliphatic heterocycles. The minimum Gasteiger partial charge on any atom is -0.333 e. The van der Waals surface area contributed by atoms with Crippen molar-refractivity contribution in [3.8, 4) is 0 Å². The molecule has 7 nitrogen and oxygen atoms in total. The lowest BCUT2D eigenvalue weighted by Gasteiger charge is -2.41. The third-order valence-electron chi connectivity index (χ3n) is 7.92. The molecule has 0 radical (unpaired) electrons. The number of hydroxylamine groups is 2. The zero-order valence-electron chi connectivity index (χ0n) is 20.5. The Morgan fingerprint density at radius 2 is 1.65 bits per heavy atom. The van der Waals surface area contributed by atoms with Gasteiger partial charge in [-0.05, 0) is 63.6 Å². The number of carbonyl (C=O) groups is 2. The van der Waals surface area contributed by atoms with Crippen molar-refractivity contribution >= 4 is 12.1 Å². The van der Waals surface area contributed by atoms with Crippen LogP contribution in [0, 0.1) is 5.82 Å². The first-order valence-electron chi connectivity index (χ1n) is 12.9. The van der Waals surface area contributed by atoms with E-state index in [-0.39, 0.29) is 23.9 Å². The molecular weight excluding hydrogens is 435 g/mol. The van der Waals surface area contributed by atoms with E-state index < -0.39 is 17.7 Å². The number of nitrogens with one attached hydrogen (secondary N) is 1. The molecule has 0 spiro atoms. The van der Waals surface area contributed by atoms with Crippen molar-refractivity contribution < 1.29 is 19.2 Å². The third kappa shape index (κ3) is 5.16. The molecule has 2 saturated carbocycles. The van der Waals surface area contributed by atoms with E-state index in [9.17, 15) is 19.2 Å². The summed E-state index contributed by atoms with van der Waals surface area (Å²) in [7, 11) is 0. The smallest absolute Gasteiger partial charge is 0.333 e. The molecule has 34 heavy (non-hydrogen) atoms. The molecule has 4 rings (SSSR count). The number of benzene rings is 1. The first kappa shape index (κ1) is 24.8. The second-order valence-electron chi connectivity index (χ2n) is 10.7. The molecule has 1 aromatic carbocycles. The van der Waals surface area contributed by atoms with Crippen molar-refractivity contribution in [2.75, 3.05) is 6.54 Å². The normalized spacial score (nSPS) is 23.9. The summed E-state index contributed by atoms with van der Waals surface area (Å²) in [6.07, 6.45) is 9.94. The third-order valence-corrected chi connectivity index (χ3v) is 7.92. The average Bonchev–Trinajstić information content (AvgIpc) is 3.04. The highest BCUT2D eigenvalue weighted by Crippen LogP contribution is 2.39. The number of carbonyl (C=O) groups excluding carboxylic acids is 2. The number of amides is 4. The van der Waals surface area contributed by atoms with Gasteiger partial charge in [-0.1, -0.05) is 50.7 Å². The van der Waals surface area contributed by atoms with Crippen LogP contribution in [0.25, 0.3) is 0 Å². The van der Waals surface area contributed by atoms with E-state index in [4.69, 9.17) is 0 Å². The monoisotopic (exact) mass is 474 g/mol. The van der Waals surface area contributed by atoms with Crippen LogP contribution in [0.3, 0.4) is 0 Å². The van der Waals surface area contributed by atoms with Gasteiger partial charge in [0.2, 0.25) is 0 Å². The largest absolute Gasteiger partial charge is 0.343 e. The standard InChI is InChI=1S/C26H39FN4O3/c1-26(2)23(31(34)24(32)28-21-9-5-3-6-10-21)30(22-11-7-4-8-12-22)25(33)29(26)18-17-19-13-15-20(27)16-14-19/h13-16,21-23,34H,3-12,17-18H2,1-2H3,(H,28,32). The minimum absolute atomic E-state index is 0.00141. The Morgan fingerprint density at radius 3 is 2.26 bits per heavy atom. The van der Waals surface area contributed by atoms with Crippen molar-refractivity contribution in [1.82, 2.24) is 20.2 Å². The van der Waals surface area contributed by atoms with Crippen LogP contribution in [0.15, 0.2) is 24.3 Å². The second-order valence-corrected chi connectivity index (χ2v) is 10.7. The Balaban J connectivity index is 1.54. The van der Waals surface area contributed by atoms with Crippen LogP contribution in [0.1, 0.15) is 83.6 Å². The number of urea groups is 2. The van der Waals surface area contributed by atoms with Gasteiger partial charge in [0.1, 0.15) is 5.82 Å². The zero-order chi connectivity index (χ0) is 24.3. The molecule has 1 saturated heterocycles. The molecule has 188 valence electrons. The summed E-state index contributed by atoms with van der Waals surface area (Å²) in [6, 6.07) is 5.70. The molecule has 2 aliphatic carbocycles. The predicted octanol–water partition coefficient (Wildman–Crippen LogP) is 5.28. The van der Waals surface area contributed by atoms with Crippen LogP contribution in [0.4, 0.5) is 14.0 Å². The Bertz CT molecular complexity index is 850. The highest BCUT2D eigenvalue weighted by molar-refractivity contribution is 5.81. The Hall–Kier alpha value is -2.35. The van der Waals surface area contributed by atoms with E-state index >= 15 is 0 Å². The fourth-order valence-electron chi connectivity index (χ4n) is 5.98. The molecule has 8 heteroatoms. The van der Waals surface area contributed by atoms with Crippen LogP contribution in [-0.2, 0) is 6.42 Å². The number of hydrogen-bond donors (Lipinski definition) is 2. The summed E-state index contributed by atoms with van der Waals surface area (Å²) >= 11 is 0. The minimum atomic E-state index is -0.798. The number of nitrogens with zero attached hydrogens (tertiary/aromatic N) is 3. The maximum atomic E-state index is 13.7. The summed E-state index contributed by atoms with van der Waals surface area (Å²) in [5.74, 6) is -0.287. The topological polar surface area (TPSA) is 76.1 Å². The van der Waals surface area contributed by atoms with Gasteiger partial charge in [0.15, 0.2) is 6.17 Å². The first-order chi connectivity index (χ1) is 16.3. The fraction of sp³-hybridized carbons (Fsp3) is 0.692. The van der Waals surface area contributed by atoms with Crippen molar-refractivity contribution in [2.24, 2.45) is 0 Å². The van der Waals surface area contributed by atoms with E-state index in [1.54, 1.807) is 21.9 Å². The summed E-state index contributed by atoms with van der Waals surface area (Å²) in [5.41, 5.74) is 0.140. The summed E-state index contributed by atoms with van der Waals surface area (Å²) in [5, 5.41) is 15.0. The van der Waals surface area contributed by atoms with Gasteiger partial charge < -0.3 is 10.2 Å². The van der Waals surface area contributed by atoms with Crippen molar-refractivity contribution in [3.05, 3.63) is 35.6 Å². The van der Waals surface area contributed by atoms with Gasteiger partial charge >= 0.3 is 12.1 Å². The van der Waals surface area contributed by atoms with Crippen LogP contribution >= 0.6 is 0 Å². The SMILES string of the molecule is CC1(C)C(N(O)C(=O)NC2CCCCC2)N(C2CCCCC2)C(=O)N1CCc1ccc(F)cc1. The van der Waals surface area contributed by atoms with E-state index in [2.05, 4.69) is 5.32 Å². The van der Waals surface area contributed by atoms with Crippen molar-refractivity contribution in [3.63, 3.8) is 0 Å². The molecule has 3 aliphatic rings. The maximum Gasteiger partial charge on any atom is 0.343 e. The van der Waals surface area contributed by atoms with Crippen LogP contribution in [-0.4, -0.2) is 62.5 Å². The molecule has 1 atom stereocenters. The highest BCUT2D eigenvalue weighted by atomic mass is 19.1.